The molecule has 1 amide bonds. The van der Waals surface area contributed by atoms with E-state index in [0.29, 0.717) is 41.4 Å². The molecule has 1 aromatic rings. The second-order valence-corrected chi connectivity index (χ2v) is 5.54. The number of esters is 1. The van der Waals surface area contributed by atoms with Crippen molar-refractivity contribution in [2.75, 3.05) is 20.3 Å². The fourth-order valence-corrected chi connectivity index (χ4v) is 2.52. The molecular formula is C18H23N3O4. The van der Waals surface area contributed by atoms with Crippen LogP contribution in [0.3, 0.4) is 0 Å². The zero-order valence-corrected chi connectivity index (χ0v) is 14.7. The van der Waals surface area contributed by atoms with Crippen molar-refractivity contribution in [3.63, 3.8) is 0 Å². The normalized spacial score (nSPS) is 13.2. The molecule has 0 saturated heterocycles. The van der Waals surface area contributed by atoms with Crippen molar-refractivity contribution in [1.29, 1.82) is 0 Å². The van der Waals surface area contributed by atoms with Gasteiger partial charge in [0.1, 0.15) is 5.84 Å². The highest BCUT2D eigenvalue weighted by Crippen LogP contribution is 2.28. The van der Waals surface area contributed by atoms with Crippen LogP contribution in [0.2, 0.25) is 0 Å². The molecule has 0 atom stereocenters. The van der Waals surface area contributed by atoms with Gasteiger partial charge in [-0.15, -0.1) is 0 Å². The summed E-state index contributed by atoms with van der Waals surface area (Å²) in [6, 6.07) is 4.96. The van der Waals surface area contributed by atoms with Gasteiger partial charge < -0.3 is 10.5 Å². The van der Waals surface area contributed by atoms with Gasteiger partial charge in [-0.25, -0.2) is 14.9 Å². The number of nitrogens with zero attached hydrogens (tertiary/aromatic N) is 2. The van der Waals surface area contributed by atoms with E-state index in [0.717, 1.165) is 6.42 Å². The molecular weight excluding hydrogens is 322 g/mol. The topological polar surface area (TPSA) is 94.2 Å². The number of nitrogens with two attached hydrogens (primary N) is 1. The van der Waals surface area contributed by atoms with Crippen LogP contribution in [0.4, 0.5) is 5.69 Å². The minimum absolute atomic E-state index is 0.217. The van der Waals surface area contributed by atoms with Crippen molar-refractivity contribution in [1.82, 2.24) is 5.06 Å². The zero-order valence-electron chi connectivity index (χ0n) is 14.7. The molecule has 1 aromatic carbocycles. The molecule has 1 heterocycles. The van der Waals surface area contributed by atoms with Gasteiger partial charge >= 0.3 is 5.97 Å². The van der Waals surface area contributed by atoms with Crippen LogP contribution in [0.5, 0.6) is 0 Å². The number of amidine groups is 1. The van der Waals surface area contributed by atoms with Gasteiger partial charge in [-0.05, 0) is 31.6 Å². The summed E-state index contributed by atoms with van der Waals surface area (Å²) < 4.78 is 4.72. The van der Waals surface area contributed by atoms with Crippen LogP contribution >= 0.6 is 0 Å². The lowest BCUT2D eigenvalue weighted by molar-refractivity contribution is -0.180. The van der Waals surface area contributed by atoms with Gasteiger partial charge in [-0.1, -0.05) is 13.0 Å². The number of methoxy groups -OCH3 is 1. The van der Waals surface area contributed by atoms with E-state index in [9.17, 15) is 9.59 Å². The Labute approximate surface area is 147 Å². The molecule has 7 nitrogen and oxygen atoms in total. The zero-order chi connectivity index (χ0) is 18.4. The standard InChI is InChI=1S/C18H23N3O4/c1-4-8-21(25-5-2)17(22)14-9-12-6-7-13(18(23)24-3)10-15(12)20-16(19)11-14/h6-7,9-10H,4-5,8,11H2,1-3H3,(H2,19,20). The van der Waals surface area contributed by atoms with E-state index < -0.39 is 5.97 Å². The quantitative estimate of drug-likeness (QED) is 0.631. The minimum Gasteiger partial charge on any atom is -0.465 e. The van der Waals surface area contributed by atoms with E-state index in [2.05, 4.69) is 4.99 Å². The first-order valence-corrected chi connectivity index (χ1v) is 8.20. The lowest BCUT2D eigenvalue weighted by atomic mass is 10.0. The summed E-state index contributed by atoms with van der Waals surface area (Å²) in [4.78, 5) is 34.2. The Bertz CT molecular complexity index is 719. The third-order valence-electron chi connectivity index (χ3n) is 3.63. The SMILES string of the molecule is CCCN(OCC)C(=O)C1=Cc2ccc(C(=O)OC)cc2N=C(N)C1. The van der Waals surface area contributed by atoms with E-state index in [1.54, 1.807) is 24.3 Å². The Balaban J connectivity index is 2.39. The van der Waals surface area contributed by atoms with Gasteiger partial charge in [0.25, 0.3) is 5.91 Å². The van der Waals surface area contributed by atoms with E-state index in [-0.39, 0.29) is 12.3 Å². The highest BCUT2D eigenvalue weighted by Gasteiger charge is 2.22. The maximum Gasteiger partial charge on any atom is 0.337 e. The first-order chi connectivity index (χ1) is 12.0. The number of benzene rings is 1. The van der Waals surface area contributed by atoms with Gasteiger partial charge in [-0.2, -0.15) is 0 Å². The van der Waals surface area contributed by atoms with Gasteiger partial charge in [0.05, 0.1) is 25.0 Å². The van der Waals surface area contributed by atoms with Crippen LogP contribution in [-0.2, 0) is 14.4 Å². The Morgan fingerprint density at radius 2 is 2.08 bits per heavy atom. The van der Waals surface area contributed by atoms with E-state index in [1.165, 1.54) is 12.2 Å². The molecule has 7 heteroatoms. The maximum atomic E-state index is 12.8. The van der Waals surface area contributed by atoms with Crippen molar-refractivity contribution < 1.29 is 19.2 Å². The van der Waals surface area contributed by atoms with Gasteiger partial charge in [0.2, 0.25) is 0 Å². The number of hydroxylamine groups is 2. The van der Waals surface area contributed by atoms with Crippen LogP contribution in [-0.4, -0.2) is 43.0 Å². The van der Waals surface area contributed by atoms with Crippen LogP contribution in [0.15, 0.2) is 28.8 Å². The number of fused-ring (bicyclic) bond motifs is 1. The Morgan fingerprint density at radius 1 is 1.32 bits per heavy atom. The van der Waals surface area contributed by atoms with E-state index in [1.807, 2.05) is 13.8 Å². The van der Waals surface area contributed by atoms with Crippen molar-refractivity contribution in [2.45, 2.75) is 26.7 Å². The number of ether oxygens (including phenoxy) is 1. The number of carbonyl (C=O) groups excluding carboxylic acids is 2. The summed E-state index contributed by atoms with van der Waals surface area (Å²) in [5.41, 5.74) is 8.08. The molecule has 0 radical (unpaired) electrons. The summed E-state index contributed by atoms with van der Waals surface area (Å²) in [6.07, 6.45) is 2.74. The fourth-order valence-electron chi connectivity index (χ4n) is 2.52. The average Bonchev–Trinajstić information content (AvgIpc) is 2.77. The molecule has 0 fully saturated rings. The monoisotopic (exact) mass is 345 g/mol. The maximum absolute atomic E-state index is 12.8. The largest absolute Gasteiger partial charge is 0.465 e. The molecule has 0 spiro atoms. The van der Waals surface area contributed by atoms with Gasteiger partial charge in [0.15, 0.2) is 0 Å². The molecule has 0 unspecified atom stereocenters. The van der Waals surface area contributed by atoms with Crippen molar-refractivity contribution in [2.24, 2.45) is 10.7 Å². The summed E-state index contributed by atoms with van der Waals surface area (Å²) in [5, 5.41) is 1.35. The molecule has 0 saturated carbocycles. The predicted octanol–water partition coefficient (Wildman–Crippen LogP) is 2.44. The molecule has 25 heavy (non-hydrogen) atoms. The first-order valence-electron chi connectivity index (χ1n) is 8.20. The van der Waals surface area contributed by atoms with Crippen molar-refractivity contribution in [3.8, 4) is 0 Å². The molecule has 0 aliphatic carbocycles. The number of rotatable bonds is 6. The van der Waals surface area contributed by atoms with Crippen LogP contribution < -0.4 is 5.73 Å². The van der Waals surface area contributed by atoms with Gasteiger partial charge in [0, 0.05) is 24.1 Å². The summed E-state index contributed by atoms with van der Waals surface area (Å²) in [5.74, 6) is -0.383. The molecule has 134 valence electrons. The number of amides is 1. The second kappa shape index (κ2) is 8.43. The number of hydrogen-bond donors (Lipinski definition) is 1. The molecule has 2 rings (SSSR count). The number of carbonyl (C=O) groups is 2. The highest BCUT2D eigenvalue weighted by molar-refractivity contribution is 6.05. The number of hydrogen-bond acceptors (Lipinski definition) is 6. The third kappa shape index (κ3) is 4.45. The summed E-state index contributed by atoms with van der Waals surface area (Å²) in [7, 11) is 1.32. The van der Waals surface area contributed by atoms with Crippen LogP contribution in [0.25, 0.3) is 6.08 Å². The Kier molecular flexibility index (Phi) is 6.30. The lowest BCUT2D eigenvalue weighted by Gasteiger charge is -2.21. The van der Waals surface area contributed by atoms with Gasteiger partial charge in [-0.3, -0.25) is 9.63 Å². The molecule has 2 N–H and O–H groups in total. The third-order valence-corrected chi connectivity index (χ3v) is 3.63. The molecule has 1 aliphatic heterocycles. The first kappa shape index (κ1) is 18.7. The van der Waals surface area contributed by atoms with Crippen molar-refractivity contribution >= 4 is 29.5 Å². The summed E-state index contributed by atoms with van der Waals surface area (Å²) >= 11 is 0. The smallest absolute Gasteiger partial charge is 0.337 e. The molecule has 0 bridgehead atoms. The average molecular weight is 345 g/mol. The molecule has 0 aromatic heterocycles. The minimum atomic E-state index is -0.452. The summed E-state index contributed by atoms with van der Waals surface area (Å²) in [6.45, 7) is 4.70. The second-order valence-electron chi connectivity index (χ2n) is 5.54. The number of aliphatic imine (C=N–C) groups is 1. The van der Waals surface area contributed by atoms with E-state index in [4.69, 9.17) is 15.3 Å². The van der Waals surface area contributed by atoms with E-state index >= 15 is 0 Å². The lowest BCUT2D eigenvalue weighted by Crippen LogP contribution is -2.34. The van der Waals surface area contributed by atoms with Crippen LogP contribution in [0.1, 0.15) is 42.6 Å². The van der Waals surface area contributed by atoms with Crippen molar-refractivity contribution in [3.05, 3.63) is 34.9 Å². The fraction of sp³-hybridized carbons (Fsp3) is 0.389. The Hall–Kier alpha value is -2.67. The predicted molar refractivity (Wildman–Crippen MR) is 95.3 cm³/mol. The van der Waals surface area contributed by atoms with Crippen LogP contribution in [0, 0.1) is 0 Å². The Morgan fingerprint density at radius 3 is 2.72 bits per heavy atom. The molecule has 1 aliphatic rings. The highest BCUT2D eigenvalue weighted by atomic mass is 16.7.